The summed E-state index contributed by atoms with van der Waals surface area (Å²) >= 11 is 0. The van der Waals surface area contributed by atoms with E-state index in [1.807, 2.05) is 0 Å². The number of aromatic nitrogens is 2. The van der Waals surface area contributed by atoms with Crippen molar-refractivity contribution in [1.82, 2.24) is 20.2 Å². The molecule has 4 rings (SSSR count). The standard InChI is InChI=1S/C21H25FN6O5/c1-10(2)18(31)27-21-25-16(24-19(32)11-6-4-3-5-7-11)14-17(26-21)28(9-23-14)20-13(22)15(30)12(8-29)33-20/h3-7,9-10,12-13,15-16,20,29-30H,8H2,1-2H3,(H,24,32)(H2,25,26,27,31)/t12-,13-,15-,16?,20-/m1/s1. The van der Waals surface area contributed by atoms with Crippen molar-refractivity contribution in [2.75, 3.05) is 11.9 Å². The van der Waals surface area contributed by atoms with Crippen LogP contribution in [0, 0.1) is 5.92 Å². The molecule has 0 radical (unpaired) electrons. The molecule has 12 heteroatoms. The molecule has 0 aliphatic carbocycles. The van der Waals surface area contributed by atoms with Crippen LogP contribution in [0.4, 0.5) is 10.2 Å². The monoisotopic (exact) mass is 460 g/mol. The highest BCUT2D eigenvalue weighted by molar-refractivity contribution is 6.05. The SMILES string of the molecule is CC(C)C(=O)NC1=NC(NC(=O)c2ccccc2)c2ncn([C@@H]3O[C@H](CO)[C@@H](O)[C@H]3F)c2N1. The maximum atomic E-state index is 14.8. The minimum atomic E-state index is -1.84. The molecule has 1 aromatic heterocycles. The van der Waals surface area contributed by atoms with E-state index in [1.54, 1.807) is 44.2 Å². The smallest absolute Gasteiger partial charge is 0.253 e. The van der Waals surface area contributed by atoms with Crippen LogP contribution in [0.2, 0.25) is 0 Å². The van der Waals surface area contributed by atoms with E-state index in [0.717, 1.165) is 0 Å². The van der Waals surface area contributed by atoms with Crippen LogP contribution in [0.5, 0.6) is 0 Å². The third-order valence-corrected chi connectivity index (χ3v) is 5.39. The van der Waals surface area contributed by atoms with E-state index in [0.29, 0.717) is 5.56 Å². The van der Waals surface area contributed by atoms with Gasteiger partial charge in [-0.1, -0.05) is 32.0 Å². The molecule has 2 aromatic rings. The largest absolute Gasteiger partial charge is 0.394 e. The van der Waals surface area contributed by atoms with E-state index >= 15 is 0 Å². The topological polar surface area (TPSA) is 150 Å². The number of benzene rings is 1. The first-order valence-corrected chi connectivity index (χ1v) is 10.5. The summed E-state index contributed by atoms with van der Waals surface area (Å²) in [6, 6.07) is 8.49. The maximum Gasteiger partial charge on any atom is 0.253 e. The Morgan fingerprint density at radius 3 is 2.67 bits per heavy atom. The predicted octanol–water partition coefficient (Wildman–Crippen LogP) is 0.454. The molecular formula is C21H25FN6O5. The summed E-state index contributed by atoms with van der Waals surface area (Å²) in [5.41, 5.74) is 0.663. The Bertz CT molecular complexity index is 1060. The lowest BCUT2D eigenvalue weighted by Crippen LogP contribution is -2.43. The second-order valence-electron chi connectivity index (χ2n) is 8.06. The first kappa shape index (κ1) is 22.8. The lowest BCUT2D eigenvalue weighted by atomic mass is 10.1. The highest BCUT2D eigenvalue weighted by Crippen LogP contribution is 2.37. The highest BCUT2D eigenvalue weighted by atomic mass is 19.1. The summed E-state index contributed by atoms with van der Waals surface area (Å²) in [6.07, 6.45) is -5.46. The molecule has 0 spiro atoms. The second kappa shape index (κ2) is 9.25. The summed E-state index contributed by atoms with van der Waals surface area (Å²) in [5.74, 6) is -0.820. The molecule has 1 unspecified atom stereocenters. The molecule has 176 valence electrons. The normalized spacial score (nSPS) is 26.4. The zero-order valence-corrected chi connectivity index (χ0v) is 18.0. The van der Waals surface area contributed by atoms with Gasteiger partial charge in [-0.25, -0.2) is 14.4 Å². The Morgan fingerprint density at radius 1 is 1.30 bits per heavy atom. The molecule has 33 heavy (non-hydrogen) atoms. The summed E-state index contributed by atoms with van der Waals surface area (Å²) < 4.78 is 21.5. The molecule has 2 amide bonds. The Balaban J connectivity index is 1.66. The minimum Gasteiger partial charge on any atom is -0.394 e. The van der Waals surface area contributed by atoms with Crippen LogP contribution >= 0.6 is 0 Å². The minimum absolute atomic E-state index is 0.0361. The molecule has 2 aliphatic rings. The Morgan fingerprint density at radius 2 is 2.03 bits per heavy atom. The second-order valence-corrected chi connectivity index (χ2v) is 8.06. The number of imidazole rings is 1. The fourth-order valence-electron chi connectivity index (χ4n) is 3.53. The molecule has 0 bridgehead atoms. The summed E-state index contributed by atoms with van der Waals surface area (Å²) in [7, 11) is 0. The number of guanidine groups is 1. The van der Waals surface area contributed by atoms with Crippen molar-refractivity contribution in [2.24, 2.45) is 10.9 Å². The van der Waals surface area contributed by atoms with E-state index in [1.165, 1.54) is 10.9 Å². The van der Waals surface area contributed by atoms with Crippen molar-refractivity contribution in [2.45, 2.75) is 44.6 Å². The van der Waals surface area contributed by atoms with Gasteiger partial charge in [-0.15, -0.1) is 0 Å². The lowest BCUT2D eigenvalue weighted by Gasteiger charge is -2.26. The number of alkyl halides is 1. The number of aliphatic hydroxyl groups excluding tert-OH is 2. The number of carbonyl (C=O) groups is 2. The van der Waals surface area contributed by atoms with Crippen LogP contribution in [-0.2, 0) is 9.53 Å². The quantitative estimate of drug-likeness (QED) is 0.435. The van der Waals surface area contributed by atoms with Crippen LogP contribution in [0.15, 0.2) is 41.7 Å². The number of halogens is 1. The number of hydrogen-bond donors (Lipinski definition) is 5. The van der Waals surface area contributed by atoms with Gasteiger partial charge in [0, 0.05) is 11.5 Å². The third-order valence-electron chi connectivity index (χ3n) is 5.39. The number of amides is 2. The zero-order valence-electron chi connectivity index (χ0n) is 18.0. The molecule has 11 nitrogen and oxygen atoms in total. The maximum absolute atomic E-state index is 14.8. The number of hydrogen-bond acceptors (Lipinski definition) is 8. The predicted molar refractivity (Wildman–Crippen MR) is 115 cm³/mol. The summed E-state index contributed by atoms with van der Waals surface area (Å²) in [4.78, 5) is 33.6. The Hall–Kier alpha value is -3.35. The van der Waals surface area contributed by atoms with Crippen LogP contribution < -0.4 is 16.0 Å². The summed E-state index contributed by atoms with van der Waals surface area (Å²) in [6.45, 7) is 2.86. The van der Waals surface area contributed by atoms with Gasteiger partial charge in [0.15, 0.2) is 18.6 Å². The van der Waals surface area contributed by atoms with Crippen molar-refractivity contribution in [3.05, 3.63) is 47.9 Å². The van der Waals surface area contributed by atoms with Crippen LogP contribution in [0.3, 0.4) is 0 Å². The first-order valence-electron chi connectivity index (χ1n) is 10.5. The van der Waals surface area contributed by atoms with Gasteiger partial charge in [0.2, 0.25) is 11.9 Å². The van der Waals surface area contributed by atoms with Crippen LogP contribution in [0.1, 0.15) is 42.3 Å². The number of aliphatic imine (C=N–C) groups is 1. The van der Waals surface area contributed by atoms with E-state index in [2.05, 4.69) is 25.9 Å². The molecule has 1 fully saturated rings. The molecule has 1 aromatic carbocycles. The number of rotatable bonds is 5. The number of nitrogens with zero attached hydrogens (tertiary/aromatic N) is 3. The average molecular weight is 460 g/mol. The van der Waals surface area contributed by atoms with E-state index in [4.69, 9.17) is 4.74 Å². The summed E-state index contributed by atoms with van der Waals surface area (Å²) in [5, 5.41) is 27.6. The number of aliphatic hydroxyl groups is 2. The fourth-order valence-corrected chi connectivity index (χ4v) is 3.53. The molecule has 3 heterocycles. The molecule has 1 saturated heterocycles. The number of nitrogens with one attached hydrogen (secondary N) is 3. The molecule has 5 N–H and O–H groups in total. The zero-order chi connectivity index (χ0) is 23.7. The van der Waals surface area contributed by atoms with Crippen LogP contribution in [-0.4, -0.2) is 62.5 Å². The van der Waals surface area contributed by atoms with Crippen molar-refractivity contribution < 1.29 is 28.9 Å². The lowest BCUT2D eigenvalue weighted by molar-refractivity contribution is -0.122. The van der Waals surface area contributed by atoms with Gasteiger partial charge in [0.25, 0.3) is 5.91 Å². The van der Waals surface area contributed by atoms with E-state index in [-0.39, 0.29) is 29.3 Å². The Kier molecular flexibility index (Phi) is 6.40. The number of anilines is 1. The van der Waals surface area contributed by atoms with Gasteiger partial charge in [0.1, 0.15) is 23.7 Å². The van der Waals surface area contributed by atoms with Crippen molar-refractivity contribution >= 4 is 23.6 Å². The van der Waals surface area contributed by atoms with Gasteiger partial charge < -0.3 is 25.6 Å². The number of fused-ring (bicyclic) bond motifs is 1. The van der Waals surface area contributed by atoms with Gasteiger partial charge in [-0.05, 0) is 12.1 Å². The number of ether oxygens (including phenoxy) is 1. The first-order chi connectivity index (χ1) is 15.8. The van der Waals surface area contributed by atoms with Gasteiger partial charge in [-0.3, -0.25) is 19.5 Å². The highest BCUT2D eigenvalue weighted by Gasteiger charge is 2.46. The van der Waals surface area contributed by atoms with Crippen molar-refractivity contribution in [1.29, 1.82) is 0 Å². The van der Waals surface area contributed by atoms with Gasteiger partial charge in [0.05, 0.1) is 12.9 Å². The molecule has 0 saturated carbocycles. The van der Waals surface area contributed by atoms with Crippen LogP contribution in [0.25, 0.3) is 0 Å². The van der Waals surface area contributed by atoms with E-state index in [9.17, 15) is 24.2 Å². The fraction of sp³-hybridized carbons (Fsp3) is 0.429. The molecule has 5 atom stereocenters. The Labute approximate surface area is 188 Å². The number of carbonyl (C=O) groups excluding carboxylic acids is 2. The van der Waals surface area contributed by atoms with Crippen molar-refractivity contribution in [3.63, 3.8) is 0 Å². The van der Waals surface area contributed by atoms with Gasteiger partial charge >= 0.3 is 0 Å². The molecular weight excluding hydrogens is 435 g/mol. The van der Waals surface area contributed by atoms with E-state index < -0.39 is 43.3 Å². The average Bonchev–Trinajstić information content (AvgIpc) is 3.35. The van der Waals surface area contributed by atoms with Gasteiger partial charge in [-0.2, -0.15) is 0 Å². The van der Waals surface area contributed by atoms with Crippen molar-refractivity contribution in [3.8, 4) is 0 Å². The molecule has 2 aliphatic heterocycles. The third kappa shape index (κ3) is 4.45.